The number of hydrogen-bond acceptors (Lipinski definition) is 2. The van der Waals surface area contributed by atoms with E-state index in [1.54, 1.807) is 0 Å². The minimum absolute atomic E-state index is 0.152. The van der Waals surface area contributed by atoms with Gasteiger partial charge in [0, 0.05) is 38.6 Å². The van der Waals surface area contributed by atoms with E-state index in [4.69, 9.17) is 9.97 Å². The SMILES string of the molecule is CC1(C)c2cc3ccccc3cc2-c2c(-c3cc(-c4ccc5cc(-c6cccc(-c7ccc8c(c7)c7ccccc7n8-c7ccccc7)c6)ccc5c4)nc(-c4ccccc4)n3)cccc21. The predicted molar refractivity (Wildman–Crippen MR) is 276 cm³/mol. The molecular formula is C63H43N3. The Morgan fingerprint density at radius 1 is 0.348 bits per heavy atom. The fourth-order valence-electron chi connectivity index (χ4n) is 10.6. The summed E-state index contributed by atoms with van der Waals surface area (Å²) < 4.78 is 2.37. The first-order chi connectivity index (χ1) is 32.4. The van der Waals surface area contributed by atoms with Crippen molar-refractivity contribution in [3.05, 3.63) is 236 Å². The molecule has 2 heterocycles. The molecule has 0 amide bonds. The average molecular weight is 842 g/mol. The molecule has 310 valence electrons. The van der Waals surface area contributed by atoms with Crippen molar-refractivity contribution in [1.29, 1.82) is 0 Å². The summed E-state index contributed by atoms with van der Waals surface area (Å²) in [7, 11) is 0. The highest BCUT2D eigenvalue weighted by atomic mass is 15.0. The first kappa shape index (κ1) is 38.1. The predicted octanol–water partition coefficient (Wildman–Crippen LogP) is 16.5. The number of aromatic nitrogens is 3. The van der Waals surface area contributed by atoms with Crippen molar-refractivity contribution in [3.8, 4) is 73.0 Å². The molecule has 1 aliphatic carbocycles. The van der Waals surface area contributed by atoms with E-state index in [9.17, 15) is 0 Å². The number of hydrogen-bond donors (Lipinski definition) is 0. The van der Waals surface area contributed by atoms with Gasteiger partial charge in [-0.25, -0.2) is 9.97 Å². The number of rotatable bonds is 6. The van der Waals surface area contributed by atoms with Gasteiger partial charge in [-0.3, -0.25) is 0 Å². The lowest BCUT2D eigenvalue weighted by Gasteiger charge is -2.22. The Labute approximate surface area is 384 Å². The highest BCUT2D eigenvalue weighted by Gasteiger charge is 2.37. The standard InChI is InChI=1S/C63H43N3/c1-63(2)55-25-14-24-52(61(55)54-37-43-17-9-10-18-44(43)38-56(54)63)58-39-57(64-62(65-58)40-15-5-3-6-16-40)49-30-29-46-34-45(27-28-47(46)35-49)41-19-13-20-42(33-41)48-31-32-60-53(36-48)51-23-11-12-26-59(51)66(60)50-21-7-4-8-22-50/h3-39H,1-2H3. The van der Waals surface area contributed by atoms with Crippen LogP contribution in [0.2, 0.25) is 0 Å². The van der Waals surface area contributed by atoms with Gasteiger partial charge in [0.15, 0.2) is 5.82 Å². The van der Waals surface area contributed by atoms with Gasteiger partial charge in [0.1, 0.15) is 0 Å². The number of benzene rings is 10. The molecule has 0 atom stereocenters. The fourth-order valence-corrected chi connectivity index (χ4v) is 10.6. The lowest BCUT2D eigenvalue weighted by Crippen LogP contribution is -2.14. The molecule has 3 nitrogen and oxygen atoms in total. The van der Waals surface area contributed by atoms with Gasteiger partial charge in [-0.2, -0.15) is 0 Å². The van der Waals surface area contributed by atoms with Crippen molar-refractivity contribution in [2.45, 2.75) is 19.3 Å². The topological polar surface area (TPSA) is 30.7 Å². The van der Waals surface area contributed by atoms with Gasteiger partial charge < -0.3 is 4.57 Å². The molecule has 0 bridgehead atoms. The Kier molecular flexibility index (Phi) is 8.56. The third kappa shape index (κ3) is 6.12. The van der Waals surface area contributed by atoms with Gasteiger partial charge in [-0.1, -0.05) is 172 Å². The maximum atomic E-state index is 5.33. The largest absolute Gasteiger partial charge is 0.309 e. The summed E-state index contributed by atoms with van der Waals surface area (Å²) in [6.07, 6.45) is 0. The molecule has 10 aromatic carbocycles. The van der Waals surface area contributed by atoms with E-state index in [0.717, 1.165) is 33.5 Å². The van der Waals surface area contributed by atoms with Gasteiger partial charge in [-0.15, -0.1) is 0 Å². The second-order valence-corrected chi connectivity index (χ2v) is 18.2. The minimum Gasteiger partial charge on any atom is -0.309 e. The Morgan fingerprint density at radius 2 is 0.924 bits per heavy atom. The molecular weight excluding hydrogens is 799 g/mol. The zero-order valence-electron chi connectivity index (χ0n) is 36.7. The highest BCUT2D eigenvalue weighted by molar-refractivity contribution is 6.10. The summed E-state index contributed by atoms with van der Waals surface area (Å²) >= 11 is 0. The molecule has 0 spiro atoms. The maximum absolute atomic E-state index is 5.33. The molecule has 3 heteroatoms. The van der Waals surface area contributed by atoms with Crippen molar-refractivity contribution in [3.63, 3.8) is 0 Å². The van der Waals surface area contributed by atoms with Gasteiger partial charge in [0.25, 0.3) is 0 Å². The first-order valence-electron chi connectivity index (χ1n) is 22.8. The number of para-hydroxylation sites is 2. The lowest BCUT2D eigenvalue weighted by molar-refractivity contribution is 0.661. The Balaban J connectivity index is 0.880. The Hall–Kier alpha value is -8.40. The van der Waals surface area contributed by atoms with Crippen LogP contribution in [0, 0.1) is 0 Å². The molecule has 0 unspecified atom stereocenters. The highest BCUT2D eigenvalue weighted by Crippen LogP contribution is 2.53. The summed E-state index contributed by atoms with van der Waals surface area (Å²) in [6.45, 7) is 4.70. The van der Waals surface area contributed by atoms with Gasteiger partial charge >= 0.3 is 0 Å². The lowest BCUT2D eigenvalue weighted by atomic mass is 9.81. The zero-order valence-corrected chi connectivity index (χ0v) is 36.7. The molecule has 0 saturated heterocycles. The van der Waals surface area contributed by atoms with Crippen LogP contribution >= 0.6 is 0 Å². The summed E-state index contributed by atoms with van der Waals surface area (Å²) in [5, 5.41) is 7.37. The van der Waals surface area contributed by atoms with Crippen LogP contribution in [0.5, 0.6) is 0 Å². The van der Waals surface area contributed by atoms with Crippen LogP contribution in [-0.2, 0) is 5.41 Å². The fraction of sp³-hybridized carbons (Fsp3) is 0.0476. The van der Waals surface area contributed by atoms with Crippen molar-refractivity contribution < 1.29 is 0 Å². The van der Waals surface area contributed by atoms with E-state index >= 15 is 0 Å². The number of nitrogens with zero attached hydrogens (tertiary/aromatic N) is 3. The average Bonchev–Trinajstić information content (AvgIpc) is 3.83. The van der Waals surface area contributed by atoms with E-state index in [1.165, 1.54) is 88.2 Å². The van der Waals surface area contributed by atoms with Crippen molar-refractivity contribution in [2.24, 2.45) is 0 Å². The molecule has 0 N–H and O–H groups in total. The normalized spacial score (nSPS) is 12.8. The van der Waals surface area contributed by atoms with E-state index in [-0.39, 0.29) is 5.41 Å². The van der Waals surface area contributed by atoms with Gasteiger partial charge in [0.2, 0.25) is 0 Å². The quantitative estimate of drug-likeness (QED) is 0.167. The molecule has 12 aromatic rings. The van der Waals surface area contributed by atoms with Crippen molar-refractivity contribution in [1.82, 2.24) is 14.5 Å². The number of fused-ring (bicyclic) bond motifs is 8. The van der Waals surface area contributed by atoms with Crippen LogP contribution in [0.4, 0.5) is 0 Å². The second-order valence-electron chi connectivity index (χ2n) is 18.2. The Bertz CT molecular complexity index is 3900. The van der Waals surface area contributed by atoms with E-state index in [0.29, 0.717) is 5.82 Å². The minimum atomic E-state index is -0.152. The van der Waals surface area contributed by atoms with Crippen molar-refractivity contribution >= 4 is 43.4 Å². The molecule has 1 aliphatic rings. The van der Waals surface area contributed by atoms with Crippen LogP contribution < -0.4 is 0 Å². The molecule has 0 aliphatic heterocycles. The molecule has 13 rings (SSSR count). The Morgan fingerprint density at radius 3 is 1.73 bits per heavy atom. The van der Waals surface area contributed by atoms with E-state index < -0.39 is 0 Å². The van der Waals surface area contributed by atoms with Crippen LogP contribution in [0.25, 0.3) is 116 Å². The summed E-state index contributed by atoms with van der Waals surface area (Å²) in [5.74, 6) is 0.716. The van der Waals surface area contributed by atoms with Crippen LogP contribution in [-0.4, -0.2) is 14.5 Å². The third-order valence-corrected chi connectivity index (χ3v) is 14.0. The molecule has 0 saturated carbocycles. The van der Waals surface area contributed by atoms with Gasteiger partial charge in [0.05, 0.1) is 22.4 Å². The van der Waals surface area contributed by atoms with Crippen molar-refractivity contribution in [2.75, 3.05) is 0 Å². The molecule has 2 aromatic heterocycles. The molecule has 66 heavy (non-hydrogen) atoms. The maximum Gasteiger partial charge on any atom is 0.160 e. The molecule has 0 radical (unpaired) electrons. The van der Waals surface area contributed by atoms with E-state index in [1.807, 2.05) is 6.07 Å². The van der Waals surface area contributed by atoms with Crippen LogP contribution in [0.3, 0.4) is 0 Å². The summed E-state index contributed by atoms with van der Waals surface area (Å²) in [4.78, 5) is 10.6. The monoisotopic (exact) mass is 841 g/mol. The third-order valence-electron chi connectivity index (χ3n) is 14.0. The zero-order chi connectivity index (χ0) is 43.9. The first-order valence-corrected chi connectivity index (χ1v) is 22.8. The smallest absolute Gasteiger partial charge is 0.160 e. The summed E-state index contributed by atoms with van der Waals surface area (Å²) in [6, 6.07) is 81.4. The second kappa shape index (κ2) is 14.8. The van der Waals surface area contributed by atoms with E-state index in [2.05, 4.69) is 237 Å². The molecule has 0 fully saturated rings. The van der Waals surface area contributed by atoms with Gasteiger partial charge in [-0.05, 0) is 133 Å². The van der Waals surface area contributed by atoms with Crippen LogP contribution in [0.1, 0.15) is 25.0 Å². The summed E-state index contributed by atoms with van der Waals surface area (Å²) in [5.41, 5.74) is 18.4. The van der Waals surface area contributed by atoms with Crippen LogP contribution in [0.15, 0.2) is 224 Å².